The van der Waals surface area contributed by atoms with Gasteiger partial charge >= 0.3 is 0 Å². The van der Waals surface area contributed by atoms with E-state index in [4.69, 9.17) is 5.73 Å². The molecule has 2 aromatic carbocycles. The highest BCUT2D eigenvalue weighted by atomic mass is 19.1. The molecule has 0 unspecified atom stereocenters. The van der Waals surface area contributed by atoms with Gasteiger partial charge in [-0.3, -0.25) is 9.59 Å². The van der Waals surface area contributed by atoms with Crippen molar-refractivity contribution in [1.82, 2.24) is 0 Å². The summed E-state index contributed by atoms with van der Waals surface area (Å²) in [5, 5.41) is 2.80. The molecule has 0 bridgehead atoms. The summed E-state index contributed by atoms with van der Waals surface area (Å²) < 4.78 is 12.6. The molecule has 0 radical (unpaired) electrons. The van der Waals surface area contributed by atoms with Gasteiger partial charge in [-0.15, -0.1) is 0 Å². The molecule has 0 atom stereocenters. The molecule has 0 amide bonds. The molecule has 4 nitrogen and oxygen atoms in total. The highest BCUT2D eigenvalue weighted by molar-refractivity contribution is 5.71. The van der Waals surface area contributed by atoms with Gasteiger partial charge in [0.1, 0.15) is 17.2 Å². The first kappa shape index (κ1) is 11.3. The summed E-state index contributed by atoms with van der Waals surface area (Å²) in [4.78, 5) is 21.9. The Hall–Kier alpha value is -2.17. The van der Waals surface area contributed by atoms with Crippen molar-refractivity contribution in [2.24, 2.45) is 0 Å². The second-order valence-electron chi connectivity index (χ2n) is 3.75. The predicted molar refractivity (Wildman–Crippen MR) is 64.4 cm³/mol. The maximum atomic E-state index is 12.6. The number of hydrogen-bond donors (Lipinski definition) is 2. The van der Waals surface area contributed by atoms with Crippen LogP contribution in [0, 0.1) is 5.82 Å². The van der Waals surface area contributed by atoms with Crippen LogP contribution in [0.2, 0.25) is 0 Å². The molecule has 0 aromatic heterocycles. The first-order chi connectivity index (χ1) is 8.09. The van der Waals surface area contributed by atoms with Gasteiger partial charge in [0.25, 0.3) is 10.9 Å². The molecule has 17 heavy (non-hydrogen) atoms. The van der Waals surface area contributed by atoms with Crippen molar-refractivity contribution in [2.45, 2.75) is 6.42 Å². The molecule has 88 valence electrons. The second-order valence-corrected chi connectivity index (χ2v) is 3.75. The van der Waals surface area contributed by atoms with E-state index >= 15 is 0 Å². The number of benzene rings is 1. The molecular weight excluding hydrogens is 223 g/mol. The lowest BCUT2D eigenvalue weighted by Crippen LogP contribution is -2.37. The Labute approximate surface area is 96.6 Å². The molecule has 0 spiro atoms. The van der Waals surface area contributed by atoms with Crippen molar-refractivity contribution >= 4 is 11.4 Å². The smallest absolute Gasteiger partial charge is 0.253 e. The zero-order chi connectivity index (χ0) is 12.4. The molecule has 0 aliphatic rings. The third-order valence-electron chi connectivity index (χ3n) is 2.58. The molecule has 0 saturated carbocycles. The lowest BCUT2D eigenvalue weighted by molar-refractivity contribution is 0.627. The maximum absolute atomic E-state index is 12.6. The first-order valence-electron chi connectivity index (χ1n) is 5.16. The third kappa shape index (κ3) is 2.18. The van der Waals surface area contributed by atoms with Crippen molar-refractivity contribution in [1.29, 1.82) is 0 Å². The summed E-state index contributed by atoms with van der Waals surface area (Å²) in [6.07, 6.45) is 0.624. The minimum atomic E-state index is -0.630. The molecule has 3 N–H and O–H groups in total. The van der Waals surface area contributed by atoms with Gasteiger partial charge in [0.15, 0.2) is 0 Å². The number of nitrogens with one attached hydrogen (secondary N) is 1. The van der Waals surface area contributed by atoms with Gasteiger partial charge in [0.2, 0.25) is 0 Å². The maximum Gasteiger partial charge on any atom is 0.253 e. The Morgan fingerprint density at radius 2 is 1.76 bits per heavy atom. The molecule has 0 saturated heterocycles. The quantitative estimate of drug-likeness (QED) is 0.762. The Morgan fingerprint density at radius 1 is 1.12 bits per heavy atom. The largest absolute Gasteiger partial charge is 0.394 e. The van der Waals surface area contributed by atoms with Gasteiger partial charge in [0, 0.05) is 6.54 Å². The first-order valence-corrected chi connectivity index (χ1v) is 5.16. The van der Waals surface area contributed by atoms with Gasteiger partial charge in [-0.2, -0.15) is 0 Å². The van der Waals surface area contributed by atoms with Crippen molar-refractivity contribution in [3.05, 3.63) is 56.1 Å². The monoisotopic (exact) mass is 234 g/mol. The minimum absolute atomic E-state index is 0.00546. The molecule has 5 heteroatoms. The fourth-order valence-electron chi connectivity index (χ4n) is 1.57. The molecular formula is C12H11FN2O2. The fraction of sp³-hybridized carbons (Fsp3) is 0.167. The van der Waals surface area contributed by atoms with Crippen LogP contribution in [0.25, 0.3) is 0 Å². The molecule has 0 fully saturated rings. The van der Waals surface area contributed by atoms with Crippen LogP contribution in [0.3, 0.4) is 0 Å². The van der Waals surface area contributed by atoms with E-state index in [0.717, 1.165) is 5.56 Å². The van der Waals surface area contributed by atoms with Crippen LogP contribution in [0.5, 0.6) is 0 Å². The number of anilines is 2. The highest BCUT2D eigenvalue weighted by Gasteiger charge is 2.16. The van der Waals surface area contributed by atoms with Gasteiger partial charge in [0.05, 0.1) is 0 Å². The van der Waals surface area contributed by atoms with Gasteiger partial charge in [-0.25, -0.2) is 4.39 Å². The molecule has 0 aliphatic heterocycles. The van der Waals surface area contributed by atoms with Crippen molar-refractivity contribution < 1.29 is 4.39 Å². The zero-order valence-corrected chi connectivity index (χ0v) is 9.00. The van der Waals surface area contributed by atoms with Crippen LogP contribution in [0.1, 0.15) is 5.56 Å². The summed E-state index contributed by atoms with van der Waals surface area (Å²) in [6.45, 7) is 0.473. The van der Waals surface area contributed by atoms with Crippen molar-refractivity contribution in [3.63, 3.8) is 0 Å². The summed E-state index contributed by atoms with van der Waals surface area (Å²) in [6, 6.07) is 6.09. The van der Waals surface area contributed by atoms with E-state index in [0.29, 0.717) is 13.0 Å². The summed E-state index contributed by atoms with van der Waals surface area (Å²) in [5.41, 5.74) is 5.28. The Balaban J connectivity index is 1.91. The van der Waals surface area contributed by atoms with Crippen LogP contribution in [0.15, 0.2) is 33.9 Å². The number of rotatable bonds is 4. The Kier molecular flexibility index (Phi) is 2.91. The fourth-order valence-corrected chi connectivity index (χ4v) is 1.57. The average Bonchev–Trinajstić information content (AvgIpc) is 2.35. The molecule has 0 heterocycles. The van der Waals surface area contributed by atoms with Crippen LogP contribution >= 0.6 is 0 Å². The van der Waals surface area contributed by atoms with Crippen LogP contribution < -0.4 is 21.9 Å². The van der Waals surface area contributed by atoms with E-state index in [9.17, 15) is 14.0 Å². The highest BCUT2D eigenvalue weighted by Crippen LogP contribution is 2.09. The standard InChI is InChI=1S/C12H11FN2O2/c13-8-3-1-7(2-4-8)5-6-15-10-9(14)11(16)12(10)17/h1-4,15H,5-6,14H2. The number of halogens is 1. The SMILES string of the molecule is Nc1c(NCCc2ccc(F)cc2)c(=O)c1=O. The van der Waals surface area contributed by atoms with Crippen molar-refractivity contribution in [2.75, 3.05) is 17.6 Å². The number of hydrogen-bond acceptors (Lipinski definition) is 4. The Morgan fingerprint density at radius 3 is 2.35 bits per heavy atom. The van der Waals surface area contributed by atoms with Gasteiger partial charge in [-0.05, 0) is 24.1 Å². The van der Waals surface area contributed by atoms with E-state index in [-0.39, 0.29) is 17.2 Å². The molecule has 2 aromatic rings. The zero-order valence-electron chi connectivity index (χ0n) is 9.00. The normalized spacial score (nSPS) is 10.6. The van der Waals surface area contributed by atoms with E-state index in [1.54, 1.807) is 12.1 Å². The van der Waals surface area contributed by atoms with E-state index in [1.807, 2.05) is 0 Å². The van der Waals surface area contributed by atoms with Crippen LogP contribution in [0.4, 0.5) is 15.8 Å². The van der Waals surface area contributed by atoms with E-state index in [1.165, 1.54) is 12.1 Å². The van der Waals surface area contributed by atoms with Gasteiger partial charge < -0.3 is 11.1 Å². The second kappa shape index (κ2) is 4.37. The van der Waals surface area contributed by atoms with Crippen LogP contribution in [-0.2, 0) is 6.42 Å². The number of nitrogens with two attached hydrogens (primary N) is 1. The predicted octanol–water partition coefficient (Wildman–Crippen LogP) is 0.658. The lowest BCUT2D eigenvalue weighted by Gasteiger charge is -2.09. The van der Waals surface area contributed by atoms with Gasteiger partial charge in [-0.1, -0.05) is 12.1 Å². The summed E-state index contributed by atoms with van der Waals surface area (Å²) in [5.74, 6) is -0.284. The van der Waals surface area contributed by atoms with Crippen LogP contribution in [-0.4, -0.2) is 6.54 Å². The van der Waals surface area contributed by atoms with E-state index < -0.39 is 10.9 Å². The van der Waals surface area contributed by atoms with E-state index in [2.05, 4.69) is 5.32 Å². The van der Waals surface area contributed by atoms with Crippen molar-refractivity contribution in [3.8, 4) is 0 Å². The average molecular weight is 234 g/mol. The summed E-state index contributed by atoms with van der Waals surface area (Å²) in [7, 11) is 0. The number of nitrogen functional groups attached to an aromatic ring is 1. The lowest BCUT2D eigenvalue weighted by atomic mass is 10.1. The summed E-state index contributed by atoms with van der Waals surface area (Å²) >= 11 is 0. The minimum Gasteiger partial charge on any atom is -0.394 e. The topological polar surface area (TPSA) is 72.2 Å². The Bertz CT molecular complexity index is 598. The molecule has 2 rings (SSSR count). The third-order valence-corrected chi connectivity index (χ3v) is 2.58. The molecule has 0 aliphatic carbocycles.